The molecule has 1 aliphatic heterocycles. The van der Waals surface area contributed by atoms with Crippen molar-refractivity contribution < 1.29 is 13.5 Å². The molecular weight excluding hydrogens is 397 g/mol. The van der Waals surface area contributed by atoms with Crippen LogP contribution < -0.4 is 15.4 Å². The van der Waals surface area contributed by atoms with Crippen LogP contribution in [0, 0.1) is 5.92 Å². The van der Waals surface area contributed by atoms with Crippen molar-refractivity contribution in [1.82, 2.24) is 15.5 Å². The molecule has 9 heteroatoms. The number of alkyl halides is 2. The number of hydrogen-bond donors (Lipinski definition) is 2. The second-order valence-electron chi connectivity index (χ2n) is 6.46. The van der Waals surface area contributed by atoms with E-state index in [4.69, 9.17) is 23.2 Å². The highest BCUT2D eigenvalue weighted by atomic mass is 35.5. The smallest absolute Gasteiger partial charge is 0.387 e. The van der Waals surface area contributed by atoms with Gasteiger partial charge >= 0.3 is 6.61 Å². The third-order valence-electron chi connectivity index (χ3n) is 4.57. The first-order chi connectivity index (χ1) is 12.9. The Hall–Kier alpha value is -1.31. The van der Waals surface area contributed by atoms with Crippen LogP contribution in [-0.4, -0.2) is 50.7 Å². The van der Waals surface area contributed by atoms with Gasteiger partial charge in [0.1, 0.15) is 5.75 Å². The number of ether oxygens (including phenoxy) is 1. The molecule has 0 saturated carbocycles. The normalized spacial score (nSPS) is 18.6. The lowest BCUT2D eigenvalue weighted by Gasteiger charge is -2.32. The molecule has 0 aromatic heterocycles. The molecule has 1 saturated heterocycles. The first-order valence-electron chi connectivity index (χ1n) is 9.02. The van der Waals surface area contributed by atoms with E-state index in [0.717, 1.165) is 26.2 Å². The summed E-state index contributed by atoms with van der Waals surface area (Å²) in [4.78, 5) is 6.63. The van der Waals surface area contributed by atoms with Crippen molar-refractivity contribution in [2.75, 3.05) is 33.2 Å². The van der Waals surface area contributed by atoms with Crippen molar-refractivity contribution >= 4 is 29.2 Å². The quantitative estimate of drug-likeness (QED) is 0.515. The average Bonchev–Trinajstić information content (AvgIpc) is 2.64. The van der Waals surface area contributed by atoms with Crippen molar-refractivity contribution in [3.05, 3.63) is 27.7 Å². The Kier molecular flexibility index (Phi) is 8.86. The number of piperidine rings is 1. The predicted molar refractivity (Wildman–Crippen MR) is 106 cm³/mol. The molecule has 1 aromatic carbocycles. The lowest BCUT2D eigenvalue weighted by molar-refractivity contribution is -0.0504. The van der Waals surface area contributed by atoms with Gasteiger partial charge in [-0.05, 0) is 44.0 Å². The molecule has 1 unspecified atom stereocenters. The van der Waals surface area contributed by atoms with Crippen LogP contribution >= 0.6 is 23.2 Å². The Labute approximate surface area is 169 Å². The molecule has 27 heavy (non-hydrogen) atoms. The van der Waals surface area contributed by atoms with Crippen LogP contribution in [0.15, 0.2) is 17.1 Å². The van der Waals surface area contributed by atoms with E-state index in [9.17, 15) is 8.78 Å². The van der Waals surface area contributed by atoms with Crippen LogP contribution in [0.4, 0.5) is 8.78 Å². The minimum Gasteiger partial charge on any atom is -0.433 e. The molecule has 1 aromatic rings. The predicted octanol–water partition coefficient (Wildman–Crippen LogP) is 3.99. The van der Waals surface area contributed by atoms with Crippen molar-refractivity contribution in [2.45, 2.75) is 32.9 Å². The van der Waals surface area contributed by atoms with Gasteiger partial charge in [0.25, 0.3) is 0 Å². The molecule has 2 rings (SSSR count). The number of likely N-dealkylation sites (tertiary alicyclic amines) is 1. The molecule has 0 bridgehead atoms. The molecule has 0 amide bonds. The number of guanidine groups is 1. The lowest BCUT2D eigenvalue weighted by Crippen LogP contribution is -2.44. The molecule has 152 valence electrons. The van der Waals surface area contributed by atoms with Gasteiger partial charge in [0.05, 0.1) is 5.02 Å². The van der Waals surface area contributed by atoms with E-state index in [1.165, 1.54) is 18.9 Å². The summed E-state index contributed by atoms with van der Waals surface area (Å²) in [7, 11) is 1.66. The van der Waals surface area contributed by atoms with Gasteiger partial charge in [0.15, 0.2) is 5.96 Å². The second-order valence-corrected chi connectivity index (χ2v) is 7.31. The maximum Gasteiger partial charge on any atom is 0.387 e. The lowest BCUT2D eigenvalue weighted by atomic mass is 9.98. The first kappa shape index (κ1) is 22.0. The van der Waals surface area contributed by atoms with Gasteiger partial charge in [0.2, 0.25) is 0 Å². The third kappa shape index (κ3) is 6.97. The van der Waals surface area contributed by atoms with E-state index >= 15 is 0 Å². The van der Waals surface area contributed by atoms with Gasteiger partial charge in [0, 0.05) is 37.3 Å². The Morgan fingerprint density at radius 1 is 1.37 bits per heavy atom. The number of aliphatic imine (C=N–C) groups is 1. The minimum absolute atomic E-state index is 0.0457. The van der Waals surface area contributed by atoms with E-state index in [-0.39, 0.29) is 17.3 Å². The van der Waals surface area contributed by atoms with Crippen LogP contribution in [0.5, 0.6) is 5.75 Å². The zero-order valence-corrected chi connectivity index (χ0v) is 17.1. The SMILES string of the molecule is CCN1CCCC(CNC(=NC)NCc2cc(Cl)cc(Cl)c2OC(F)F)C1. The topological polar surface area (TPSA) is 48.9 Å². The maximum absolute atomic E-state index is 12.7. The van der Waals surface area contributed by atoms with Gasteiger partial charge in [-0.25, -0.2) is 0 Å². The Morgan fingerprint density at radius 2 is 2.15 bits per heavy atom. The molecule has 1 fully saturated rings. The number of halogens is 4. The number of hydrogen-bond acceptors (Lipinski definition) is 3. The van der Waals surface area contributed by atoms with E-state index in [2.05, 4.69) is 32.2 Å². The van der Waals surface area contributed by atoms with Crippen LogP contribution in [-0.2, 0) is 6.54 Å². The molecule has 1 heterocycles. The molecule has 1 atom stereocenters. The first-order valence-corrected chi connectivity index (χ1v) is 9.78. The standard InChI is InChI=1S/C18H26Cl2F2N4O/c1-3-26-6-4-5-12(11-26)9-24-18(23-2)25-10-13-7-14(19)8-15(20)16(13)27-17(21)22/h7-8,12,17H,3-6,9-11H2,1-2H3,(H2,23,24,25). The minimum atomic E-state index is -2.97. The highest BCUT2D eigenvalue weighted by Crippen LogP contribution is 2.33. The van der Waals surface area contributed by atoms with Crippen molar-refractivity contribution in [3.8, 4) is 5.75 Å². The summed E-state index contributed by atoms with van der Waals surface area (Å²) >= 11 is 12.0. The third-order valence-corrected chi connectivity index (χ3v) is 5.07. The van der Waals surface area contributed by atoms with E-state index in [1.54, 1.807) is 13.1 Å². The van der Waals surface area contributed by atoms with E-state index in [0.29, 0.717) is 22.5 Å². The summed E-state index contributed by atoms with van der Waals surface area (Å²) < 4.78 is 29.9. The molecule has 1 aliphatic rings. The fourth-order valence-corrected chi connectivity index (χ4v) is 3.79. The monoisotopic (exact) mass is 422 g/mol. The van der Waals surface area contributed by atoms with Gasteiger partial charge in [-0.2, -0.15) is 8.78 Å². The number of benzene rings is 1. The summed E-state index contributed by atoms with van der Waals surface area (Å²) in [6.07, 6.45) is 2.37. The van der Waals surface area contributed by atoms with Crippen molar-refractivity contribution in [3.63, 3.8) is 0 Å². The Balaban J connectivity index is 1.94. The summed E-state index contributed by atoms with van der Waals surface area (Å²) in [5.74, 6) is 1.06. The molecule has 0 spiro atoms. The highest BCUT2D eigenvalue weighted by molar-refractivity contribution is 6.35. The summed E-state index contributed by atoms with van der Waals surface area (Å²) in [6, 6.07) is 2.92. The van der Waals surface area contributed by atoms with Crippen LogP contribution in [0.1, 0.15) is 25.3 Å². The Morgan fingerprint density at radius 3 is 2.81 bits per heavy atom. The van der Waals surface area contributed by atoms with Crippen LogP contribution in [0.2, 0.25) is 10.0 Å². The summed E-state index contributed by atoms with van der Waals surface area (Å²) in [6.45, 7) is 3.49. The van der Waals surface area contributed by atoms with Gasteiger partial charge in [-0.15, -0.1) is 0 Å². The second kappa shape index (κ2) is 10.9. The Bertz CT molecular complexity index is 646. The van der Waals surface area contributed by atoms with Crippen LogP contribution in [0.25, 0.3) is 0 Å². The van der Waals surface area contributed by atoms with E-state index in [1.807, 2.05) is 0 Å². The van der Waals surface area contributed by atoms with Crippen molar-refractivity contribution in [2.24, 2.45) is 10.9 Å². The van der Waals surface area contributed by atoms with E-state index < -0.39 is 6.61 Å². The number of nitrogens with one attached hydrogen (secondary N) is 2. The van der Waals surface area contributed by atoms with Gasteiger partial charge < -0.3 is 20.3 Å². The number of rotatable bonds is 7. The zero-order chi connectivity index (χ0) is 19.8. The average molecular weight is 423 g/mol. The zero-order valence-electron chi connectivity index (χ0n) is 15.6. The maximum atomic E-state index is 12.7. The summed E-state index contributed by atoms with van der Waals surface area (Å²) in [5, 5.41) is 6.80. The molecular formula is C18H26Cl2F2N4O. The molecule has 0 radical (unpaired) electrons. The highest BCUT2D eigenvalue weighted by Gasteiger charge is 2.19. The van der Waals surface area contributed by atoms with Gasteiger partial charge in [-0.3, -0.25) is 4.99 Å². The molecule has 0 aliphatic carbocycles. The summed E-state index contributed by atoms with van der Waals surface area (Å²) in [5.41, 5.74) is 0.436. The van der Waals surface area contributed by atoms with Crippen LogP contribution in [0.3, 0.4) is 0 Å². The number of nitrogens with zero attached hydrogens (tertiary/aromatic N) is 2. The fourth-order valence-electron chi connectivity index (χ4n) is 3.21. The fraction of sp³-hybridized carbons (Fsp3) is 0.611. The largest absolute Gasteiger partial charge is 0.433 e. The van der Waals surface area contributed by atoms with Gasteiger partial charge in [-0.1, -0.05) is 30.1 Å². The molecule has 2 N–H and O–H groups in total. The molecule has 5 nitrogen and oxygen atoms in total. The van der Waals surface area contributed by atoms with Crippen molar-refractivity contribution in [1.29, 1.82) is 0 Å².